The van der Waals surface area contributed by atoms with E-state index in [4.69, 9.17) is 0 Å². The van der Waals surface area contributed by atoms with Crippen molar-refractivity contribution in [3.8, 4) is 0 Å². The fourth-order valence-electron chi connectivity index (χ4n) is 3.80. The number of rotatable bonds is 10. The average molecular weight is 397 g/mol. The van der Waals surface area contributed by atoms with Gasteiger partial charge >= 0.3 is 0 Å². The van der Waals surface area contributed by atoms with Gasteiger partial charge in [0, 0.05) is 24.8 Å². The number of likely N-dealkylation sites (tertiary alicyclic amines) is 1. The van der Waals surface area contributed by atoms with Gasteiger partial charge < -0.3 is 9.80 Å². The first-order valence-corrected chi connectivity index (χ1v) is 12.5. The maximum atomic E-state index is 2.69. The fraction of sp³-hybridized carbons (Fsp3) is 0.923. The van der Waals surface area contributed by atoms with Crippen LogP contribution in [-0.2, 0) is 0 Å². The van der Waals surface area contributed by atoms with Crippen molar-refractivity contribution in [1.29, 1.82) is 0 Å². The van der Waals surface area contributed by atoms with E-state index in [1.54, 1.807) is 0 Å². The Kier molecular flexibility index (Phi) is 21.0. The van der Waals surface area contributed by atoms with Gasteiger partial charge in [0.2, 0.25) is 0 Å². The van der Waals surface area contributed by atoms with Crippen molar-refractivity contribution in [1.82, 2.24) is 9.80 Å². The van der Waals surface area contributed by atoms with E-state index in [2.05, 4.69) is 71.3 Å². The Labute approximate surface area is 180 Å². The van der Waals surface area contributed by atoms with E-state index >= 15 is 0 Å². The molecule has 0 atom stereocenters. The van der Waals surface area contributed by atoms with Crippen molar-refractivity contribution < 1.29 is 0 Å². The van der Waals surface area contributed by atoms with Crippen LogP contribution in [0.15, 0.2) is 11.8 Å². The van der Waals surface area contributed by atoms with Crippen LogP contribution in [0.5, 0.6) is 0 Å². The first-order chi connectivity index (χ1) is 13.4. The number of piperidine rings is 1. The molecule has 1 rings (SSSR count). The molecule has 0 aromatic rings. The van der Waals surface area contributed by atoms with E-state index in [0.29, 0.717) is 0 Å². The summed E-state index contributed by atoms with van der Waals surface area (Å²) in [4.78, 5) is 5.38. The van der Waals surface area contributed by atoms with Crippen LogP contribution in [0.3, 0.4) is 0 Å². The maximum Gasteiger partial charge on any atom is 0.0305 e. The van der Waals surface area contributed by atoms with E-state index in [1.807, 2.05) is 13.8 Å². The van der Waals surface area contributed by atoms with E-state index in [-0.39, 0.29) is 0 Å². The second-order valence-electron chi connectivity index (χ2n) is 8.78. The lowest BCUT2D eigenvalue weighted by Crippen LogP contribution is -2.42. The molecule has 1 aliphatic rings. The van der Waals surface area contributed by atoms with E-state index in [9.17, 15) is 0 Å². The van der Waals surface area contributed by atoms with Gasteiger partial charge in [-0.3, -0.25) is 0 Å². The summed E-state index contributed by atoms with van der Waals surface area (Å²) in [5.41, 5.74) is 1.47. The predicted octanol–water partition coefficient (Wildman–Crippen LogP) is 7.99. The third-order valence-electron chi connectivity index (χ3n) is 5.50. The summed E-state index contributed by atoms with van der Waals surface area (Å²) in [6.45, 7) is 27.0. The molecule has 170 valence electrons. The molecule has 0 amide bonds. The lowest BCUT2D eigenvalue weighted by Gasteiger charge is -2.38. The van der Waals surface area contributed by atoms with Gasteiger partial charge in [0.25, 0.3) is 0 Å². The fourth-order valence-corrected chi connectivity index (χ4v) is 3.80. The molecule has 0 aliphatic carbocycles. The van der Waals surface area contributed by atoms with Crippen LogP contribution in [0, 0.1) is 11.8 Å². The van der Waals surface area contributed by atoms with Gasteiger partial charge in [-0.05, 0) is 64.5 Å². The van der Waals surface area contributed by atoms with Gasteiger partial charge in [-0.25, -0.2) is 0 Å². The van der Waals surface area contributed by atoms with Gasteiger partial charge in [0.05, 0.1) is 0 Å². The molecule has 2 nitrogen and oxygen atoms in total. The second kappa shape index (κ2) is 19.8. The van der Waals surface area contributed by atoms with Crippen LogP contribution in [0.2, 0.25) is 0 Å². The number of hydrogen-bond acceptors (Lipinski definition) is 2. The van der Waals surface area contributed by atoms with Gasteiger partial charge in [-0.15, -0.1) is 0 Å². The Morgan fingerprint density at radius 3 is 1.82 bits per heavy atom. The quantitative estimate of drug-likeness (QED) is 0.369. The Hall–Kier alpha value is -0.500. The van der Waals surface area contributed by atoms with Crippen LogP contribution in [0.4, 0.5) is 0 Å². The normalized spacial score (nSPS) is 15.8. The number of allylic oxidation sites excluding steroid dienone is 2. The highest BCUT2D eigenvalue weighted by Gasteiger charge is 2.21. The molecular formula is C26H56N2. The molecule has 1 fully saturated rings. The molecule has 2 heteroatoms. The van der Waals surface area contributed by atoms with Crippen LogP contribution in [0.25, 0.3) is 0 Å². The average Bonchev–Trinajstić information content (AvgIpc) is 2.69. The largest absolute Gasteiger partial charge is 0.371 e. The number of nitrogens with zero attached hydrogens (tertiary/aromatic N) is 2. The van der Waals surface area contributed by atoms with Crippen LogP contribution < -0.4 is 0 Å². The molecule has 0 aromatic heterocycles. The standard InChI is InChI=1S/C20H40N2.C4H10.C2H6/c1-6-10-20(11-7-2)22(18(5)8-3)17-16-21-14-12-19(9-4)13-15-21;1-4(2)3;1-2/h8,19-20H,6-7,9-17H2,1-5H3;4H,1-3H3;1-2H3/b18-8+;;. The van der Waals surface area contributed by atoms with E-state index in [0.717, 1.165) is 17.9 Å². The lowest BCUT2D eigenvalue weighted by atomic mass is 9.94. The lowest BCUT2D eigenvalue weighted by molar-refractivity contribution is 0.145. The second-order valence-corrected chi connectivity index (χ2v) is 8.78. The van der Waals surface area contributed by atoms with Crippen molar-refractivity contribution in [2.45, 2.75) is 120 Å². The van der Waals surface area contributed by atoms with Crippen molar-refractivity contribution >= 4 is 0 Å². The van der Waals surface area contributed by atoms with Gasteiger partial charge in [-0.2, -0.15) is 0 Å². The third-order valence-corrected chi connectivity index (χ3v) is 5.50. The first-order valence-electron chi connectivity index (χ1n) is 12.5. The first kappa shape index (κ1) is 29.7. The van der Waals surface area contributed by atoms with Gasteiger partial charge in [0.1, 0.15) is 0 Å². The van der Waals surface area contributed by atoms with E-state index < -0.39 is 0 Å². The molecule has 1 aliphatic heterocycles. The number of hydrogen-bond donors (Lipinski definition) is 0. The molecule has 0 aromatic carbocycles. The molecule has 0 bridgehead atoms. The van der Waals surface area contributed by atoms with Crippen molar-refractivity contribution in [2.75, 3.05) is 26.2 Å². The molecule has 1 saturated heterocycles. The molecule has 0 unspecified atom stereocenters. The summed E-state index contributed by atoms with van der Waals surface area (Å²) in [6.07, 6.45) is 11.7. The summed E-state index contributed by atoms with van der Waals surface area (Å²) in [5.74, 6) is 1.82. The van der Waals surface area contributed by atoms with Crippen LogP contribution >= 0.6 is 0 Å². The third kappa shape index (κ3) is 14.5. The summed E-state index contributed by atoms with van der Waals surface area (Å²) >= 11 is 0. The highest BCUT2D eigenvalue weighted by Crippen LogP contribution is 2.21. The highest BCUT2D eigenvalue weighted by molar-refractivity contribution is 4.98. The molecule has 28 heavy (non-hydrogen) atoms. The molecule has 1 heterocycles. The van der Waals surface area contributed by atoms with Crippen molar-refractivity contribution in [3.05, 3.63) is 11.8 Å². The zero-order valence-corrected chi connectivity index (χ0v) is 21.5. The smallest absolute Gasteiger partial charge is 0.0305 e. The minimum Gasteiger partial charge on any atom is -0.371 e. The minimum absolute atomic E-state index is 0.736. The molecule has 0 spiro atoms. The molecular weight excluding hydrogens is 340 g/mol. The topological polar surface area (TPSA) is 6.48 Å². The zero-order chi connectivity index (χ0) is 21.9. The highest BCUT2D eigenvalue weighted by atomic mass is 15.2. The zero-order valence-electron chi connectivity index (χ0n) is 21.5. The summed E-state index contributed by atoms with van der Waals surface area (Å²) in [7, 11) is 0. The van der Waals surface area contributed by atoms with Crippen molar-refractivity contribution in [3.63, 3.8) is 0 Å². The molecule has 0 saturated carbocycles. The Morgan fingerprint density at radius 1 is 1.00 bits per heavy atom. The Morgan fingerprint density at radius 2 is 1.46 bits per heavy atom. The SMILES string of the molecule is C/C=C(\C)N(CCN1CCC(CC)CC1)C(CCC)CCC.CC.CC(C)C. The Bertz CT molecular complexity index is 332. The molecule has 0 radical (unpaired) electrons. The summed E-state index contributed by atoms with van der Waals surface area (Å²) in [6, 6.07) is 0.736. The predicted molar refractivity (Wildman–Crippen MR) is 131 cm³/mol. The van der Waals surface area contributed by atoms with Crippen LogP contribution in [0.1, 0.15) is 114 Å². The Balaban J connectivity index is 0. The molecule has 0 N–H and O–H groups in total. The van der Waals surface area contributed by atoms with Crippen LogP contribution in [-0.4, -0.2) is 42.0 Å². The van der Waals surface area contributed by atoms with Gasteiger partial charge in [0.15, 0.2) is 0 Å². The van der Waals surface area contributed by atoms with Gasteiger partial charge in [-0.1, -0.05) is 80.7 Å². The summed E-state index contributed by atoms with van der Waals surface area (Å²) < 4.78 is 0. The maximum absolute atomic E-state index is 2.69. The summed E-state index contributed by atoms with van der Waals surface area (Å²) in [5, 5.41) is 0. The van der Waals surface area contributed by atoms with Crippen molar-refractivity contribution in [2.24, 2.45) is 11.8 Å². The monoisotopic (exact) mass is 396 g/mol. The minimum atomic E-state index is 0.736. The van der Waals surface area contributed by atoms with E-state index in [1.165, 1.54) is 76.8 Å².